The van der Waals surface area contributed by atoms with Crippen LogP contribution in [0.4, 0.5) is 28.4 Å². The highest BCUT2D eigenvalue weighted by molar-refractivity contribution is 5.53. The van der Waals surface area contributed by atoms with Gasteiger partial charge in [-0.2, -0.15) is 20.5 Å². The standard InChI is InChI=1S/C22H23N5.3C2H6/c1-3-27(4-2)22-16-14-21(15-17-22)26-25-20-12-10-19(11-13-20)24-23-18-8-6-5-7-9-18;3*1-2/h5-17H,3-4H2,1-2H3;3*1-2H3. The van der Waals surface area contributed by atoms with E-state index in [2.05, 4.69) is 51.3 Å². The van der Waals surface area contributed by atoms with E-state index in [1.54, 1.807) is 0 Å². The second-order valence-corrected chi connectivity index (χ2v) is 5.94. The van der Waals surface area contributed by atoms with Gasteiger partial charge in [0.05, 0.1) is 22.7 Å². The minimum Gasteiger partial charge on any atom is -0.372 e. The summed E-state index contributed by atoms with van der Waals surface area (Å²) in [7, 11) is 0. The Bertz CT molecular complexity index is 882. The zero-order valence-electron chi connectivity index (χ0n) is 21.7. The predicted molar refractivity (Wildman–Crippen MR) is 145 cm³/mol. The van der Waals surface area contributed by atoms with Gasteiger partial charge in [0.1, 0.15) is 0 Å². The monoisotopic (exact) mass is 447 g/mol. The largest absolute Gasteiger partial charge is 0.372 e. The van der Waals surface area contributed by atoms with E-state index in [9.17, 15) is 0 Å². The molecule has 0 aliphatic heterocycles. The molecule has 0 unspecified atom stereocenters. The maximum atomic E-state index is 4.30. The summed E-state index contributed by atoms with van der Waals surface area (Å²) in [6.07, 6.45) is 0. The molecule has 3 rings (SSSR count). The quantitative estimate of drug-likeness (QED) is 0.332. The summed E-state index contributed by atoms with van der Waals surface area (Å²) < 4.78 is 0. The van der Waals surface area contributed by atoms with Crippen molar-refractivity contribution in [3.63, 3.8) is 0 Å². The average Bonchev–Trinajstić information content (AvgIpc) is 2.92. The third-order valence-corrected chi connectivity index (χ3v) is 4.15. The molecule has 5 heteroatoms. The van der Waals surface area contributed by atoms with Gasteiger partial charge in [-0.05, 0) is 74.5 Å². The van der Waals surface area contributed by atoms with E-state index in [1.165, 1.54) is 5.69 Å². The number of hydrogen-bond donors (Lipinski definition) is 0. The normalized spacial score (nSPS) is 9.82. The Morgan fingerprint density at radius 1 is 0.455 bits per heavy atom. The van der Waals surface area contributed by atoms with Crippen LogP contribution in [0.2, 0.25) is 0 Å². The number of benzene rings is 3. The molecule has 178 valence electrons. The SMILES string of the molecule is CC.CC.CC.CCN(CC)c1ccc(N=Nc2ccc(N=Nc3ccccc3)cc2)cc1. The molecule has 0 N–H and O–H groups in total. The Kier molecular flexibility index (Phi) is 17.4. The number of nitrogens with zero attached hydrogens (tertiary/aromatic N) is 5. The first-order chi connectivity index (χ1) is 16.3. The van der Waals surface area contributed by atoms with Crippen molar-refractivity contribution < 1.29 is 0 Å². The van der Waals surface area contributed by atoms with Crippen LogP contribution >= 0.6 is 0 Å². The van der Waals surface area contributed by atoms with Crippen molar-refractivity contribution >= 4 is 28.4 Å². The Hall–Kier alpha value is -3.34. The molecular weight excluding hydrogens is 406 g/mol. The lowest BCUT2D eigenvalue weighted by molar-refractivity contribution is 0.866. The van der Waals surface area contributed by atoms with E-state index in [-0.39, 0.29) is 0 Å². The average molecular weight is 448 g/mol. The first kappa shape index (κ1) is 29.7. The predicted octanol–water partition coefficient (Wildman–Crippen LogP) is 10.4. The molecular formula is C28H41N5. The molecule has 0 aliphatic carbocycles. The van der Waals surface area contributed by atoms with Crippen molar-refractivity contribution in [2.24, 2.45) is 20.5 Å². The van der Waals surface area contributed by atoms with E-state index in [0.717, 1.165) is 35.8 Å². The van der Waals surface area contributed by atoms with Crippen molar-refractivity contribution in [3.05, 3.63) is 78.9 Å². The minimum absolute atomic E-state index is 0.779. The summed E-state index contributed by atoms with van der Waals surface area (Å²) >= 11 is 0. The van der Waals surface area contributed by atoms with Crippen LogP contribution in [0.5, 0.6) is 0 Å². The molecule has 0 radical (unpaired) electrons. The second-order valence-electron chi connectivity index (χ2n) is 5.94. The van der Waals surface area contributed by atoms with Crippen LogP contribution in [-0.4, -0.2) is 13.1 Å². The van der Waals surface area contributed by atoms with Crippen LogP contribution in [0, 0.1) is 0 Å². The van der Waals surface area contributed by atoms with Gasteiger partial charge >= 0.3 is 0 Å². The van der Waals surface area contributed by atoms with Gasteiger partial charge in [0.15, 0.2) is 0 Å². The minimum atomic E-state index is 0.779. The molecule has 5 nitrogen and oxygen atoms in total. The highest BCUT2D eigenvalue weighted by Gasteiger charge is 2.01. The van der Waals surface area contributed by atoms with Gasteiger partial charge in [-0.1, -0.05) is 59.7 Å². The zero-order valence-corrected chi connectivity index (χ0v) is 21.7. The lowest BCUT2D eigenvalue weighted by atomic mass is 10.2. The fraction of sp³-hybridized carbons (Fsp3) is 0.357. The van der Waals surface area contributed by atoms with Crippen LogP contribution in [0.3, 0.4) is 0 Å². The van der Waals surface area contributed by atoms with Crippen molar-refractivity contribution in [2.45, 2.75) is 55.4 Å². The first-order valence-corrected chi connectivity index (χ1v) is 12.1. The summed E-state index contributed by atoms with van der Waals surface area (Å²) in [4.78, 5) is 2.30. The third kappa shape index (κ3) is 11.2. The van der Waals surface area contributed by atoms with Gasteiger partial charge in [0.2, 0.25) is 0 Å². The van der Waals surface area contributed by atoms with E-state index in [1.807, 2.05) is 108 Å². The van der Waals surface area contributed by atoms with Crippen molar-refractivity contribution in [1.82, 2.24) is 0 Å². The van der Waals surface area contributed by atoms with Gasteiger partial charge < -0.3 is 4.90 Å². The Morgan fingerprint density at radius 3 is 1.09 bits per heavy atom. The smallest absolute Gasteiger partial charge is 0.0858 e. The molecule has 3 aromatic rings. The molecule has 3 aromatic carbocycles. The highest BCUT2D eigenvalue weighted by atomic mass is 15.1. The number of anilines is 1. The molecule has 33 heavy (non-hydrogen) atoms. The van der Waals surface area contributed by atoms with E-state index < -0.39 is 0 Å². The van der Waals surface area contributed by atoms with Crippen LogP contribution in [0.15, 0.2) is 99.3 Å². The topological polar surface area (TPSA) is 52.7 Å². The molecule has 0 fully saturated rings. The molecule has 0 bridgehead atoms. The lowest BCUT2D eigenvalue weighted by Gasteiger charge is -2.20. The van der Waals surface area contributed by atoms with Crippen LogP contribution < -0.4 is 4.90 Å². The second kappa shape index (κ2) is 19.4. The molecule has 0 saturated heterocycles. The molecule has 0 amide bonds. The Morgan fingerprint density at radius 2 is 0.758 bits per heavy atom. The highest BCUT2D eigenvalue weighted by Crippen LogP contribution is 2.24. The zero-order chi connectivity index (χ0) is 24.9. The fourth-order valence-electron chi connectivity index (χ4n) is 2.63. The van der Waals surface area contributed by atoms with Gasteiger partial charge in [0.25, 0.3) is 0 Å². The molecule has 0 heterocycles. The van der Waals surface area contributed by atoms with Gasteiger partial charge in [-0.3, -0.25) is 0 Å². The molecule has 0 atom stereocenters. The molecule has 0 spiro atoms. The summed E-state index contributed by atoms with van der Waals surface area (Å²) in [5.41, 5.74) is 4.42. The summed E-state index contributed by atoms with van der Waals surface area (Å²) in [5, 5.41) is 17.0. The lowest BCUT2D eigenvalue weighted by Crippen LogP contribution is -2.21. The number of rotatable bonds is 7. The third-order valence-electron chi connectivity index (χ3n) is 4.15. The first-order valence-electron chi connectivity index (χ1n) is 12.1. The molecule has 0 aromatic heterocycles. The van der Waals surface area contributed by atoms with E-state index in [4.69, 9.17) is 0 Å². The van der Waals surface area contributed by atoms with Crippen LogP contribution in [-0.2, 0) is 0 Å². The Balaban J connectivity index is 0.00000158. The van der Waals surface area contributed by atoms with Crippen molar-refractivity contribution in [3.8, 4) is 0 Å². The maximum absolute atomic E-state index is 4.30. The van der Waals surface area contributed by atoms with E-state index >= 15 is 0 Å². The maximum Gasteiger partial charge on any atom is 0.0858 e. The van der Waals surface area contributed by atoms with Crippen LogP contribution in [0.1, 0.15) is 55.4 Å². The summed E-state index contributed by atoms with van der Waals surface area (Å²) in [6.45, 7) is 18.3. The fourth-order valence-corrected chi connectivity index (χ4v) is 2.63. The number of azo groups is 2. The van der Waals surface area contributed by atoms with Crippen LogP contribution in [0.25, 0.3) is 0 Å². The molecule has 0 saturated carbocycles. The van der Waals surface area contributed by atoms with Gasteiger partial charge in [0, 0.05) is 18.8 Å². The number of hydrogen-bond acceptors (Lipinski definition) is 5. The van der Waals surface area contributed by atoms with E-state index in [0.29, 0.717) is 0 Å². The molecule has 0 aliphatic rings. The van der Waals surface area contributed by atoms with Crippen molar-refractivity contribution in [2.75, 3.05) is 18.0 Å². The Labute approximate surface area is 201 Å². The van der Waals surface area contributed by atoms with Gasteiger partial charge in [-0.15, -0.1) is 0 Å². The summed E-state index contributed by atoms with van der Waals surface area (Å²) in [5.74, 6) is 0. The van der Waals surface area contributed by atoms with Crippen molar-refractivity contribution in [1.29, 1.82) is 0 Å². The summed E-state index contributed by atoms with van der Waals surface area (Å²) in [6, 6.07) is 25.3. The van der Waals surface area contributed by atoms with Gasteiger partial charge in [-0.25, -0.2) is 0 Å².